The molecule has 0 bridgehead atoms. The smallest absolute Gasteiger partial charge is 0.122 e. The number of rotatable bonds is 6. The highest BCUT2D eigenvalue weighted by Crippen LogP contribution is 2.38. The molecule has 0 aliphatic rings. The molecule has 156 valence electrons. The van der Waals surface area contributed by atoms with Crippen LogP contribution in [0.2, 0.25) is 5.02 Å². The third kappa shape index (κ3) is 6.52. The van der Waals surface area contributed by atoms with Gasteiger partial charge in [-0.2, -0.15) is 0 Å². The zero-order valence-electron chi connectivity index (χ0n) is 18.4. The minimum absolute atomic E-state index is 0.642. The molecule has 2 aromatic rings. The summed E-state index contributed by atoms with van der Waals surface area (Å²) in [5, 5.41) is 1.34. The van der Waals surface area contributed by atoms with Crippen LogP contribution >= 0.6 is 23.2 Å². The van der Waals surface area contributed by atoms with Crippen LogP contribution in [-0.4, -0.2) is 7.11 Å². The van der Waals surface area contributed by atoms with E-state index in [2.05, 4.69) is 39.5 Å². The van der Waals surface area contributed by atoms with E-state index in [1.54, 1.807) is 13.2 Å². The number of hydrogen-bond donors (Lipinski definition) is 0. The lowest BCUT2D eigenvalue weighted by Gasteiger charge is -2.15. The Morgan fingerprint density at radius 1 is 1.14 bits per heavy atom. The van der Waals surface area contributed by atoms with Gasteiger partial charge >= 0.3 is 0 Å². The number of ether oxygens (including phenoxy) is 1. The highest BCUT2D eigenvalue weighted by atomic mass is 35.5. The van der Waals surface area contributed by atoms with Crippen molar-refractivity contribution < 1.29 is 4.74 Å². The number of aryl methyl sites for hydroxylation is 2. The summed E-state index contributed by atoms with van der Waals surface area (Å²) in [6.07, 6.45) is 5.79. The molecule has 0 amide bonds. The highest BCUT2D eigenvalue weighted by molar-refractivity contribution is 6.41. The number of allylic oxidation sites excluding steroid dienone is 5. The lowest BCUT2D eigenvalue weighted by Crippen LogP contribution is -1.95. The molecule has 0 fully saturated rings. The SMILES string of the molecule is C=C/C=C(\C(Cl)=C(/C)c1ccc(CC)c(OC)c1)c1cccc(C)c1Cl.CCC. The average Bonchev–Trinajstić information content (AvgIpc) is 2.73. The molecule has 0 aromatic heterocycles. The van der Waals surface area contributed by atoms with Gasteiger partial charge in [-0.25, -0.2) is 0 Å². The van der Waals surface area contributed by atoms with Gasteiger partial charge in [0, 0.05) is 11.1 Å². The second-order valence-corrected chi connectivity index (χ2v) is 7.53. The largest absolute Gasteiger partial charge is 0.496 e. The molecular weight excluding hydrogens is 399 g/mol. The van der Waals surface area contributed by atoms with Crippen LogP contribution in [0.1, 0.15) is 56.4 Å². The van der Waals surface area contributed by atoms with Gasteiger partial charge in [-0.05, 0) is 48.6 Å². The fourth-order valence-electron chi connectivity index (χ4n) is 2.85. The average molecular weight is 431 g/mol. The zero-order valence-corrected chi connectivity index (χ0v) is 19.9. The number of benzene rings is 2. The summed E-state index contributed by atoms with van der Waals surface area (Å²) in [6.45, 7) is 14.2. The Kier molecular flexibility index (Phi) is 10.9. The Morgan fingerprint density at radius 3 is 2.34 bits per heavy atom. The molecule has 0 aliphatic carbocycles. The predicted octanol–water partition coefficient (Wildman–Crippen LogP) is 8.88. The van der Waals surface area contributed by atoms with Crippen molar-refractivity contribution in [3.63, 3.8) is 0 Å². The summed E-state index contributed by atoms with van der Waals surface area (Å²) in [7, 11) is 1.69. The Hall–Kier alpha value is -1.96. The van der Waals surface area contributed by atoms with Crippen LogP contribution in [0.5, 0.6) is 5.75 Å². The fraction of sp³-hybridized carbons (Fsp3) is 0.308. The van der Waals surface area contributed by atoms with Gasteiger partial charge < -0.3 is 4.74 Å². The first-order valence-electron chi connectivity index (χ1n) is 9.98. The van der Waals surface area contributed by atoms with Crippen molar-refractivity contribution in [2.75, 3.05) is 7.11 Å². The lowest BCUT2D eigenvalue weighted by molar-refractivity contribution is 0.410. The van der Waals surface area contributed by atoms with Gasteiger partial charge in [0.25, 0.3) is 0 Å². The molecule has 2 aromatic carbocycles. The number of halogens is 2. The van der Waals surface area contributed by atoms with Crippen molar-refractivity contribution in [1.82, 2.24) is 0 Å². The minimum Gasteiger partial charge on any atom is -0.496 e. The third-order valence-corrected chi connectivity index (χ3v) is 5.42. The van der Waals surface area contributed by atoms with E-state index in [-0.39, 0.29) is 0 Å². The van der Waals surface area contributed by atoms with E-state index in [0.29, 0.717) is 10.1 Å². The molecule has 0 N–H and O–H groups in total. The van der Waals surface area contributed by atoms with E-state index in [1.807, 2.05) is 44.2 Å². The van der Waals surface area contributed by atoms with Gasteiger partial charge in [0.15, 0.2) is 0 Å². The maximum atomic E-state index is 6.80. The normalized spacial score (nSPS) is 11.9. The van der Waals surface area contributed by atoms with Crippen molar-refractivity contribution in [1.29, 1.82) is 0 Å². The first-order chi connectivity index (χ1) is 13.9. The maximum Gasteiger partial charge on any atom is 0.122 e. The molecule has 0 saturated heterocycles. The molecule has 0 heterocycles. The summed E-state index contributed by atoms with van der Waals surface area (Å²) >= 11 is 13.3. The Balaban J connectivity index is 0.00000132. The van der Waals surface area contributed by atoms with E-state index in [1.165, 1.54) is 12.0 Å². The van der Waals surface area contributed by atoms with Gasteiger partial charge in [0.1, 0.15) is 5.75 Å². The maximum absolute atomic E-state index is 6.80. The molecule has 3 heteroatoms. The Labute approximate surface area is 186 Å². The summed E-state index contributed by atoms with van der Waals surface area (Å²) in [5.74, 6) is 0.872. The van der Waals surface area contributed by atoms with Crippen LogP contribution in [0.15, 0.2) is 60.2 Å². The first kappa shape index (κ1) is 25.1. The predicted molar refractivity (Wildman–Crippen MR) is 131 cm³/mol. The minimum atomic E-state index is 0.642. The summed E-state index contributed by atoms with van der Waals surface area (Å²) < 4.78 is 5.52. The van der Waals surface area contributed by atoms with Gasteiger partial charge in [0.05, 0.1) is 17.2 Å². The van der Waals surface area contributed by atoms with Crippen molar-refractivity contribution in [2.24, 2.45) is 0 Å². The van der Waals surface area contributed by atoms with E-state index in [9.17, 15) is 0 Å². The summed E-state index contributed by atoms with van der Waals surface area (Å²) in [4.78, 5) is 0. The van der Waals surface area contributed by atoms with Crippen molar-refractivity contribution in [3.05, 3.63) is 87.4 Å². The zero-order chi connectivity index (χ0) is 22.0. The Morgan fingerprint density at radius 2 is 1.79 bits per heavy atom. The molecule has 0 aliphatic heterocycles. The Bertz CT molecular complexity index is 892. The molecule has 0 unspecified atom stereocenters. The molecule has 0 atom stereocenters. The van der Waals surface area contributed by atoms with E-state index in [0.717, 1.165) is 40.0 Å². The van der Waals surface area contributed by atoms with Crippen LogP contribution in [0.4, 0.5) is 0 Å². The van der Waals surface area contributed by atoms with E-state index >= 15 is 0 Å². The van der Waals surface area contributed by atoms with Crippen LogP contribution < -0.4 is 4.74 Å². The van der Waals surface area contributed by atoms with Gasteiger partial charge in [0.2, 0.25) is 0 Å². The first-order valence-corrected chi connectivity index (χ1v) is 10.7. The summed E-state index contributed by atoms with van der Waals surface area (Å²) in [5.41, 5.74) is 5.90. The monoisotopic (exact) mass is 430 g/mol. The molecule has 2 rings (SSSR count). The molecule has 1 nitrogen and oxygen atoms in total. The number of methoxy groups -OCH3 is 1. The third-order valence-electron chi connectivity index (χ3n) is 4.43. The van der Waals surface area contributed by atoms with Crippen LogP contribution in [0, 0.1) is 6.92 Å². The molecule has 0 radical (unpaired) electrons. The van der Waals surface area contributed by atoms with Crippen molar-refractivity contribution >= 4 is 34.3 Å². The van der Waals surface area contributed by atoms with Gasteiger partial charge in [-0.15, -0.1) is 0 Å². The summed E-state index contributed by atoms with van der Waals surface area (Å²) in [6, 6.07) is 12.1. The highest BCUT2D eigenvalue weighted by Gasteiger charge is 2.15. The number of hydrogen-bond acceptors (Lipinski definition) is 1. The second kappa shape index (κ2) is 12.6. The molecule has 29 heavy (non-hydrogen) atoms. The van der Waals surface area contributed by atoms with Crippen molar-refractivity contribution in [2.45, 2.75) is 47.5 Å². The fourth-order valence-corrected chi connectivity index (χ4v) is 3.35. The van der Waals surface area contributed by atoms with Gasteiger partial charge in [-0.1, -0.05) is 99.5 Å². The van der Waals surface area contributed by atoms with E-state index in [4.69, 9.17) is 27.9 Å². The van der Waals surface area contributed by atoms with Crippen LogP contribution in [-0.2, 0) is 6.42 Å². The molecular formula is C26H32Cl2O. The van der Waals surface area contributed by atoms with Crippen molar-refractivity contribution in [3.8, 4) is 5.75 Å². The second-order valence-electron chi connectivity index (χ2n) is 6.78. The van der Waals surface area contributed by atoms with Crippen LogP contribution in [0.3, 0.4) is 0 Å². The van der Waals surface area contributed by atoms with Gasteiger partial charge in [-0.3, -0.25) is 0 Å². The molecule has 0 saturated carbocycles. The van der Waals surface area contributed by atoms with Crippen LogP contribution in [0.25, 0.3) is 11.1 Å². The topological polar surface area (TPSA) is 9.23 Å². The quantitative estimate of drug-likeness (QED) is 0.415. The standard InChI is InChI=1S/C23H24Cl2O.C3H8/c1-6-9-19(20-11-8-10-15(3)22(20)24)23(25)16(4)18-13-12-17(7-2)21(14-18)26-5;1-3-2/h6,8-14H,1,7H2,2-5H3;3H2,1-2H3/b19-9-,23-16-;. The molecule has 0 spiro atoms. The van der Waals surface area contributed by atoms with E-state index < -0.39 is 0 Å². The lowest BCUT2D eigenvalue weighted by atomic mass is 9.96.